The van der Waals surface area contributed by atoms with Gasteiger partial charge in [-0.3, -0.25) is 5.01 Å². The molecule has 148 valence electrons. The summed E-state index contributed by atoms with van der Waals surface area (Å²) in [5, 5.41) is 12.7. The first-order chi connectivity index (χ1) is 13.0. The van der Waals surface area contributed by atoms with Crippen molar-refractivity contribution in [1.29, 1.82) is 5.26 Å². The summed E-state index contributed by atoms with van der Waals surface area (Å²) in [6, 6.07) is 6.88. The lowest BCUT2D eigenvalue weighted by Gasteiger charge is -2.30. The van der Waals surface area contributed by atoms with Crippen molar-refractivity contribution in [3.8, 4) is 6.07 Å². The Morgan fingerprint density at radius 1 is 1.25 bits per heavy atom. The van der Waals surface area contributed by atoms with Crippen molar-refractivity contribution in [2.45, 2.75) is 26.9 Å². The number of rotatable bonds is 4. The Hall–Kier alpha value is -3.35. The van der Waals surface area contributed by atoms with Crippen LogP contribution in [0.25, 0.3) is 0 Å². The molecule has 2 N–H and O–H groups in total. The van der Waals surface area contributed by atoms with E-state index in [0.717, 1.165) is 12.1 Å². The maximum atomic E-state index is 12.8. The van der Waals surface area contributed by atoms with Gasteiger partial charge in [0.15, 0.2) is 5.82 Å². The van der Waals surface area contributed by atoms with Gasteiger partial charge in [0.05, 0.1) is 5.56 Å². The Balaban J connectivity index is 2.20. The molecule has 2 aromatic rings. The van der Waals surface area contributed by atoms with Gasteiger partial charge in [-0.25, -0.2) is 15.2 Å². The molecule has 0 aliphatic heterocycles. The molecule has 1 aromatic carbocycles. The molecule has 1 heterocycles. The maximum Gasteiger partial charge on any atom is 0.416 e. The molecule has 0 aliphatic carbocycles. The van der Waals surface area contributed by atoms with Crippen molar-refractivity contribution < 1.29 is 18.0 Å². The summed E-state index contributed by atoms with van der Waals surface area (Å²) in [6.45, 7) is 6.11. The van der Waals surface area contributed by atoms with E-state index in [1.54, 1.807) is 0 Å². The number of carbonyl (C=O) groups is 1. The number of halogens is 3. The highest BCUT2D eigenvalue weighted by Crippen LogP contribution is 2.30. The molecule has 0 aliphatic rings. The van der Waals surface area contributed by atoms with Gasteiger partial charge in [0.1, 0.15) is 6.07 Å². The number of benzene rings is 1. The third-order valence-corrected chi connectivity index (χ3v) is 3.33. The second kappa shape index (κ2) is 8.12. The van der Waals surface area contributed by atoms with Gasteiger partial charge in [0, 0.05) is 24.5 Å². The highest BCUT2D eigenvalue weighted by atomic mass is 19.4. The summed E-state index contributed by atoms with van der Waals surface area (Å²) in [5.41, 5.74) is 1.41. The van der Waals surface area contributed by atoms with Crippen LogP contribution >= 0.6 is 0 Å². The molecule has 1 aromatic heterocycles. The van der Waals surface area contributed by atoms with E-state index in [9.17, 15) is 18.0 Å². The molecule has 0 fully saturated rings. The molecule has 0 spiro atoms. The lowest BCUT2D eigenvalue weighted by Crippen LogP contribution is -2.48. The van der Waals surface area contributed by atoms with Crippen LogP contribution in [0.15, 0.2) is 36.5 Å². The fourth-order valence-electron chi connectivity index (χ4n) is 2.26. The number of urea groups is 1. The van der Waals surface area contributed by atoms with Crippen molar-refractivity contribution in [2.24, 2.45) is 5.41 Å². The predicted octanol–water partition coefficient (Wildman–Crippen LogP) is 3.96. The molecule has 0 unspecified atom stereocenters. The monoisotopic (exact) mass is 392 g/mol. The summed E-state index contributed by atoms with van der Waals surface area (Å²) >= 11 is 0. The van der Waals surface area contributed by atoms with Gasteiger partial charge in [-0.1, -0.05) is 26.8 Å². The molecule has 28 heavy (non-hydrogen) atoms. The van der Waals surface area contributed by atoms with Gasteiger partial charge in [-0.15, -0.1) is 0 Å². The number of nitrogens with one attached hydrogen (secondary N) is 2. The van der Waals surface area contributed by atoms with Gasteiger partial charge < -0.3 is 5.32 Å². The van der Waals surface area contributed by atoms with Crippen LogP contribution in [-0.4, -0.2) is 22.5 Å². The number of anilines is 2. The quantitative estimate of drug-likeness (QED) is 0.769. The van der Waals surface area contributed by atoms with Crippen molar-refractivity contribution in [2.75, 3.05) is 16.9 Å². The van der Waals surface area contributed by atoms with E-state index in [4.69, 9.17) is 5.26 Å². The second-order valence-corrected chi connectivity index (χ2v) is 7.14. The summed E-state index contributed by atoms with van der Waals surface area (Å²) in [6.07, 6.45) is -3.13. The summed E-state index contributed by atoms with van der Waals surface area (Å²) in [7, 11) is 0. The highest BCUT2D eigenvalue weighted by molar-refractivity contribution is 5.90. The maximum absolute atomic E-state index is 12.8. The summed E-state index contributed by atoms with van der Waals surface area (Å²) < 4.78 is 38.5. The summed E-state index contributed by atoms with van der Waals surface area (Å²) in [5.74, 6) is 0.206. The molecular weight excluding hydrogens is 373 g/mol. The van der Waals surface area contributed by atoms with E-state index in [1.807, 2.05) is 26.8 Å². The third kappa shape index (κ3) is 6.12. The number of hydrazine groups is 1. The van der Waals surface area contributed by atoms with Crippen molar-refractivity contribution in [1.82, 2.24) is 15.4 Å². The number of amides is 2. The van der Waals surface area contributed by atoms with Crippen LogP contribution in [0.4, 0.5) is 29.5 Å². The molecule has 0 bridgehead atoms. The number of hydrogen-bond donors (Lipinski definition) is 2. The van der Waals surface area contributed by atoms with Gasteiger partial charge >= 0.3 is 12.2 Å². The van der Waals surface area contributed by atoms with E-state index in [1.165, 1.54) is 29.4 Å². The smallest absolute Gasteiger partial charge is 0.307 e. The van der Waals surface area contributed by atoms with Gasteiger partial charge in [0.25, 0.3) is 0 Å². The molecular formula is C18H19F3N6O. The molecule has 0 saturated heterocycles. The van der Waals surface area contributed by atoms with E-state index >= 15 is 0 Å². The zero-order valence-electron chi connectivity index (χ0n) is 15.5. The number of alkyl halides is 3. The first-order valence-electron chi connectivity index (χ1n) is 8.23. The minimum Gasteiger partial charge on any atom is -0.307 e. The Morgan fingerprint density at radius 2 is 1.96 bits per heavy atom. The zero-order valence-corrected chi connectivity index (χ0v) is 15.5. The van der Waals surface area contributed by atoms with Crippen LogP contribution in [-0.2, 0) is 6.18 Å². The standard InChI is InChI=1S/C18H19F3N6O/c1-17(2,3)11-27(15-7-8-23-14(10-22)25-15)26-16(28)24-13-6-4-5-12(9-13)18(19,20)21/h4-9H,11H2,1-3H3,(H2,24,26,28). The largest absolute Gasteiger partial charge is 0.416 e. The number of aromatic nitrogens is 2. The van der Waals surface area contributed by atoms with E-state index < -0.39 is 17.8 Å². The van der Waals surface area contributed by atoms with Crippen LogP contribution in [0.5, 0.6) is 0 Å². The highest BCUT2D eigenvalue weighted by Gasteiger charge is 2.30. The molecule has 7 nitrogen and oxygen atoms in total. The van der Waals surface area contributed by atoms with Crippen LogP contribution < -0.4 is 15.8 Å². The minimum absolute atomic E-state index is 0.0107. The normalized spacial score (nSPS) is 11.5. The van der Waals surface area contributed by atoms with E-state index in [0.29, 0.717) is 6.54 Å². The Bertz CT molecular complexity index is 886. The zero-order chi connectivity index (χ0) is 20.9. The number of nitriles is 1. The van der Waals surface area contributed by atoms with Crippen LogP contribution in [0.1, 0.15) is 32.2 Å². The fraction of sp³-hybridized carbons (Fsp3) is 0.333. The van der Waals surface area contributed by atoms with E-state index in [-0.39, 0.29) is 22.7 Å². The summed E-state index contributed by atoms with van der Waals surface area (Å²) in [4.78, 5) is 20.2. The Labute approximate surface area is 160 Å². The average Bonchev–Trinajstić information content (AvgIpc) is 2.59. The first kappa shape index (κ1) is 21.0. The van der Waals surface area contributed by atoms with Crippen molar-refractivity contribution in [3.63, 3.8) is 0 Å². The predicted molar refractivity (Wildman–Crippen MR) is 97.1 cm³/mol. The average molecular weight is 392 g/mol. The molecule has 10 heteroatoms. The van der Waals surface area contributed by atoms with Crippen LogP contribution in [0.3, 0.4) is 0 Å². The lowest BCUT2D eigenvalue weighted by atomic mass is 9.97. The fourth-order valence-corrected chi connectivity index (χ4v) is 2.26. The van der Waals surface area contributed by atoms with E-state index in [2.05, 4.69) is 20.7 Å². The van der Waals surface area contributed by atoms with Crippen LogP contribution in [0, 0.1) is 16.7 Å². The van der Waals surface area contributed by atoms with Crippen molar-refractivity contribution >= 4 is 17.5 Å². The Kier molecular flexibility index (Phi) is 6.08. The number of nitrogens with zero attached hydrogens (tertiary/aromatic N) is 4. The minimum atomic E-state index is -4.51. The molecule has 2 amide bonds. The molecule has 0 saturated carbocycles. The molecule has 0 radical (unpaired) electrons. The van der Waals surface area contributed by atoms with Gasteiger partial charge in [-0.2, -0.15) is 23.4 Å². The molecule has 2 rings (SSSR count). The SMILES string of the molecule is CC(C)(C)CN(NC(=O)Nc1cccc(C(F)(F)F)c1)c1ccnc(C#N)n1. The third-order valence-electron chi connectivity index (χ3n) is 3.33. The van der Waals surface area contributed by atoms with Crippen LogP contribution in [0.2, 0.25) is 0 Å². The topological polar surface area (TPSA) is 93.9 Å². The first-order valence-corrected chi connectivity index (χ1v) is 8.23. The molecule has 0 atom stereocenters. The lowest BCUT2D eigenvalue weighted by molar-refractivity contribution is -0.137. The van der Waals surface area contributed by atoms with Gasteiger partial charge in [0.2, 0.25) is 5.82 Å². The van der Waals surface area contributed by atoms with Gasteiger partial charge in [-0.05, 0) is 23.6 Å². The number of carbonyl (C=O) groups excluding carboxylic acids is 1. The number of hydrogen-bond acceptors (Lipinski definition) is 5. The van der Waals surface area contributed by atoms with Crippen molar-refractivity contribution in [3.05, 3.63) is 47.9 Å². The Morgan fingerprint density at radius 3 is 2.57 bits per heavy atom. The second-order valence-electron chi connectivity index (χ2n) is 7.14.